The van der Waals surface area contributed by atoms with Crippen LogP contribution in [0.5, 0.6) is 0 Å². The highest BCUT2D eigenvalue weighted by atomic mass is 16.5. The SMILES string of the molecule is CCNC(C)(CCOC1CCCCC1)C(=O)OC. The van der Waals surface area contributed by atoms with E-state index in [0.29, 0.717) is 19.1 Å². The molecule has 0 bridgehead atoms. The summed E-state index contributed by atoms with van der Waals surface area (Å²) >= 11 is 0. The smallest absolute Gasteiger partial charge is 0.325 e. The summed E-state index contributed by atoms with van der Waals surface area (Å²) in [5.74, 6) is -0.211. The molecule has 4 heteroatoms. The molecule has 0 aromatic rings. The zero-order valence-electron chi connectivity index (χ0n) is 12.0. The van der Waals surface area contributed by atoms with Crippen LogP contribution < -0.4 is 5.32 Å². The van der Waals surface area contributed by atoms with Crippen LogP contribution in [0, 0.1) is 0 Å². The van der Waals surface area contributed by atoms with E-state index in [1.165, 1.54) is 26.4 Å². The molecule has 0 radical (unpaired) electrons. The van der Waals surface area contributed by atoms with E-state index in [0.717, 1.165) is 19.4 Å². The number of carbonyl (C=O) groups excluding carboxylic acids is 1. The van der Waals surface area contributed by atoms with Gasteiger partial charge in [0.1, 0.15) is 5.54 Å². The highest BCUT2D eigenvalue weighted by Gasteiger charge is 2.33. The van der Waals surface area contributed by atoms with Gasteiger partial charge in [-0.2, -0.15) is 0 Å². The standard InChI is InChI=1S/C14H27NO3/c1-4-15-14(2,13(16)17-3)10-11-18-12-8-6-5-7-9-12/h12,15H,4-11H2,1-3H3. The summed E-state index contributed by atoms with van der Waals surface area (Å²) in [5.41, 5.74) is -0.627. The van der Waals surface area contributed by atoms with Crippen molar-refractivity contribution >= 4 is 5.97 Å². The minimum Gasteiger partial charge on any atom is -0.468 e. The predicted molar refractivity (Wildman–Crippen MR) is 71.5 cm³/mol. The summed E-state index contributed by atoms with van der Waals surface area (Å²) in [6, 6.07) is 0. The van der Waals surface area contributed by atoms with Crippen LogP contribution in [0.4, 0.5) is 0 Å². The molecular formula is C14H27NO3. The third-order valence-electron chi connectivity index (χ3n) is 3.71. The van der Waals surface area contributed by atoms with Crippen molar-refractivity contribution in [3.05, 3.63) is 0 Å². The van der Waals surface area contributed by atoms with Crippen LogP contribution in [0.2, 0.25) is 0 Å². The number of ether oxygens (including phenoxy) is 2. The predicted octanol–water partition coefficient (Wildman–Crippen LogP) is 2.27. The number of methoxy groups -OCH3 is 1. The van der Waals surface area contributed by atoms with Gasteiger partial charge in [0.2, 0.25) is 0 Å². The van der Waals surface area contributed by atoms with Crippen molar-refractivity contribution in [3.63, 3.8) is 0 Å². The number of esters is 1. The van der Waals surface area contributed by atoms with Gasteiger partial charge in [0.25, 0.3) is 0 Å². The van der Waals surface area contributed by atoms with Crippen molar-refractivity contribution in [1.29, 1.82) is 0 Å². The number of hydrogen-bond acceptors (Lipinski definition) is 4. The molecule has 1 aliphatic rings. The molecule has 0 spiro atoms. The van der Waals surface area contributed by atoms with Crippen molar-refractivity contribution < 1.29 is 14.3 Å². The Kier molecular flexibility index (Phi) is 6.65. The van der Waals surface area contributed by atoms with Crippen molar-refractivity contribution in [2.24, 2.45) is 0 Å². The van der Waals surface area contributed by atoms with Crippen LogP contribution in [0.15, 0.2) is 0 Å². The molecule has 1 aliphatic carbocycles. The molecule has 0 aromatic carbocycles. The fourth-order valence-electron chi connectivity index (χ4n) is 2.54. The van der Waals surface area contributed by atoms with Crippen LogP contribution in [-0.4, -0.2) is 37.9 Å². The Hall–Kier alpha value is -0.610. The summed E-state index contributed by atoms with van der Waals surface area (Å²) in [6.07, 6.45) is 7.24. The maximum Gasteiger partial charge on any atom is 0.325 e. The van der Waals surface area contributed by atoms with E-state index in [4.69, 9.17) is 9.47 Å². The first-order valence-corrected chi connectivity index (χ1v) is 7.07. The maximum absolute atomic E-state index is 11.8. The summed E-state index contributed by atoms with van der Waals surface area (Å²) in [5, 5.41) is 3.19. The molecule has 1 saturated carbocycles. The van der Waals surface area contributed by atoms with Gasteiger partial charge < -0.3 is 14.8 Å². The minimum absolute atomic E-state index is 0.211. The summed E-state index contributed by atoms with van der Waals surface area (Å²) < 4.78 is 10.7. The van der Waals surface area contributed by atoms with E-state index in [-0.39, 0.29) is 5.97 Å². The van der Waals surface area contributed by atoms with E-state index in [9.17, 15) is 4.79 Å². The number of likely N-dealkylation sites (N-methyl/N-ethyl adjacent to an activating group) is 1. The van der Waals surface area contributed by atoms with Crippen molar-refractivity contribution in [3.8, 4) is 0 Å². The van der Waals surface area contributed by atoms with Gasteiger partial charge in [-0.1, -0.05) is 26.2 Å². The fourth-order valence-corrected chi connectivity index (χ4v) is 2.54. The van der Waals surface area contributed by atoms with Gasteiger partial charge in [-0.15, -0.1) is 0 Å². The first-order valence-electron chi connectivity index (χ1n) is 7.07. The van der Waals surface area contributed by atoms with E-state index >= 15 is 0 Å². The van der Waals surface area contributed by atoms with Gasteiger partial charge in [-0.25, -0.2) is 0 Å². The van der Waals surface area contributed by atoms with Crippen LogP contribution in [0.1, 0.15) is 52.4 Å². The first kappa shape index (κ1) is 15.4. The second-order valence-electron chi connectivity index (χ2n) is 5.23. The lowest BCUT2D eigenvalue weighted by Crippen LogP contribution is -2.51. The normalized spacial score (nSPS) is 20.4. The molecule has 4 nitrogen and oxygen atoms in total. The van der Waals surface area contributed by atoms with Crippen molar-refractivity contribution in [1.82, 2.24) is 5.32 Å². The average Bonchev–Trinajstić information content (AvgIpc) is 2.39. The number of nitrogens with one attached hydrogen (secondary N) is 1. The molecule has 1 rings (SSSR count). The summed E-state index contributed by atoms with van der Waals surface area (Å²) in [6.45, 7) is 5.23. The van der Waals surface area contributed by atoms with Gasteiger partial charge in [0, 0.05) is 6.61 Å². The van der Waals surface area contributed by atoms with Gasteiger partial charge in [0.05, 0.1) is 13.2 Å². The molecule has 0 aromatic heterocycles. The Balaban J connectivity index is 2.34. The zero-order valence-corrected chi connectivity index (χ0v) is 12.0. The molecule has 18 heavy (non-hydrogen) atoms. The Morgan fingerprint density at radius 1 is 1.33 bits per heavy atom. The highest BCUT2D eigenvalue weighted by Crippen LogP contribution is 2.21. The molecule has 0 heterocycles. The maximum atomic E-state index is 11.8. The van der Waals surface area contributed by atoms with Gasteiger partial charge >= 0.3 is 5.97 Å². The molecule has 0 amide bonds. The summed E-state index contributed by atoms with van der Waals surface area (Å²) in [7, 11) is 1.43. The second-order valence-corrected chi connectivity index (χ2v) is 5.23. The molecule has 0 aliphatic heterocycles. The van der Waals surface area contributed by atoms with E-state index in [1.807, 2.05) is 13.8 Å². The van der Waals surface area contributed by atoms with E-state index in [2.05, 4.69) is 5.32 Å². The Bertz CT molecular complexity index is 251. The van der Waals surface area contributed by atoms with E-state index < -0.39 is 5.54 Å². The lowest BCUT2D eigenvalue weighted by Gasteiger charge is -2.29. The highest BCUT2D eigenvalue weighted by molar-refractivity contribution is 5.80. The lowest BCUT2D eigenvalue weighted by atomic mass is 9.96. The topological polar surface area (TPSA) is 47.6 Å². The Morgan fingerprint density at radius 3 is 2.56 bits per heavy atom. The molecule has 1 atom stereocenters. The monoisotopic (exact) mass is 257 g/mol. The zero-order chi connectivity index (χ0) is 13.4. The molecule has 0 saturated heterocycles. The van der Waals surface area contributed by atoms with Gasteiger partial charge in [-0.05, 0) is 32.7 Å². The van der Waals surface area contributed by atoms with Crippen LogP contribution in [0.3, 0.4) is 0 Å². The number of rotatable bonds is 7. The van der Waals surface area contributed by atoms with Crippen molar-refractivity contribution in [2.45, 2.75) is 64.0 Å². The Labute approximate surface area is 110 Å². The third kappa shape index (κ3) is 4.58. The van der Waals surface area contributed by atoms with Gasteiger partial charge in [0.15, 0.2) is 0 Å². The fraction of sp³-hybridized carbons (Fsp3) is 0.929. The quantitative estimate of drug-likeness (QED) is 0.711. The molecule has 1 N–H and O–H groups in total. The average molecular weight is 257 g/mol. The lowest BCUT2D eigenvalue weighted by molar-refractivity contribution is -0.149. The molecule has 106 valence electrons. The molecule has 1 fully saturated rings. The van der Waals surface area contributed by atoms with Gasteiger partial charge in [-0.3, -0.25) is 4.79 Å². The van der Waals surface area contributed by atoms with E-state index in [1.54, 1.807) is 0 Å². The third-order valence-corrected chi connectivity index (χ3v) is 3.71. The first-order chi connectivity index (χ1) is 8.62. The minimum atomic E-state index is -0.627. The number of hydrogen-bond donors (Lipinski definition) is 1. The van der Waals surface area contributed by atoms with Crippen molar-refractivity contribution in [2.75, 3.05) is 20.3 Å². The van der Waals surface area contributed by atoms with Crippen LogP contribution in [0.25, 0.3) is 0 Å². The molecule has 1 unspecified atom stereocenters. The summed E-state index contributed by atoms with van der Waals surface area (Å²) in [4.78, 5) is 11.8. The van der Waals surface area contributed by atoms with Crippen LogP contribution >= 0.6 is 0 Å². The largest absolute Gasteiger partial charge is 0.468 e. The molecular weight excluding hydrogens is 230 g/mol. The second kappa shape index (κ2) is 7.74. The Morgan fingerprint density at radius 2 is 2.00 bits per heavy atom. The number of carbonyl (C=O) groups is 1. The van der Waals surface area contributed by atoms with Crippen LogP contribution in [-0.2, 0) is 14.3 Å².